The fourth-order valence-corrected chi connectivity index (χ4v) is 2.57. The van der Waals surface area contributed by atoms with Crippen LogP contribution in [0, 0.1) is 5.82 Å². The van der Waals surface area contributed by atoms with Crippen LogP contribution in [0.25, 0.3) is 11.0 Å². The van der Waals surface area contributed by atoms with E-state index in [0.717, 1.165) is 16.9 Å². The maximum atomic E-state index is 12.8. The molecule has 3 rings (SSSR count). The van der Waals surface area contributed by atoms with Crippen molar-refractivity contribution in [2.45, 2.75) is 25.7 Å². The third-order valence-corrected chi connectivity index (χ3v) is 3.88. The smallest absolute Gasteiger partial charge is 0.242 e. The molecule has 0 aliphatic heterocycles. The number of imidazole rings is 1. The van der Waals surface area contributed by atoms with Crippen LogP contribution in [0.5, 0.6) is 0 Å². The van der Waals surface area contributed by atoms with Crippen molar-refractivity contribution >= 4 is 22.8 Å². The van der Waals surface area contributed by atoms with Gasteiger partial charge in [0.1, 0.15) is 11.6 Å². The summed E-state index contributed by atoms with van der Waals surface area (Å²) in [6.07, 6.45) is 1.60. The quantitative estimate of drug-likeness (QED) is 0.594. The van der Waals surface area contributed by atoms with Gasteiger partial charge in [-0.1, -0.05) is 24.3 Å². The highest BCUT2D eigenvalue weighted by atomic mass is 19.1. The van der Waals surface area contributed by atoms with Gasteiger partial charge in [0.15, 0.2) is 0 Å². The number of hydrazine groups is 1. The second kappa shape index (κ2) is 8.24. The lowest BCUT2D eigenvalue weighted by Crippen LogP contribution is -2.42. The first-order chi connectivity index (χ1) is 12.6. The summed E-state index contributed by atoms with van der Waals surface area (Å²) in [7, 11) is 0. The van der Waals surface area contributed by atoms with Gasteiger partial charge in [0, 0.05) is 12.8 Å². The number of aromatic amines is 1. The van der Waals surface area contributed by atoms with Crippen LogP contribution < -0.4 is 10.9 Å². The number of carbonyl (C=O) groups is 2. The van der Waals surface area contributed by atoms with Gasteiger partial charge < -0.3 is 4.98 Å². The van der Waals surface area contributed by atoms with Crippen LogP contribution >= 0.6 is 0 Å². The monoisotopic (exact) mass is 354 g/mol. The lowest BCUT2D eigenvalue weighted by atomic mass is 10.1. The molecule has 7 heteroatoms. The summed E-state index contributed by atoms with van der Waals surface area (Å²) in [5.41, 5.74) is 7.29. The molecule has 3 aromatic rings. The molecule has 6 nitrogen and oxygen atoms in total. The molecule has 1 heterocycles. The zero-order chi connectivity index (χ0) is 18.4. The Morgan fingerprint density at radius 2 is 1.73 bits per heavy atom. The topological polar surface area (TPSA) is 86.9 Å². The first kappa shape index (κ1) is 17.6. The van der Waals surface area contributed by atoms with E-state index in [4.69, 9.17) is 0 Å². The number of hydrogen-bond acceptors (Lipinski definition) is 3. The van der Waals surface area contributed by atoms with Gasteiger partial charge in [0.25, 0.3) is 0 Å². The molecule has 2 amide bonds. The zero-order valence-corrected chi connectivity index (χ0v) is 14.1. The fourth-order valence-electron chi connectivity index (χ4n) is 2.57. The predicted octanol–water partition coefficient (Wildman–Crippen LogP) is 2.41. The molecule has 3 N–H and O–H groups in total. The summed E-state index contributed by atoms with van der Waals surface area (Å²) < 4.78 is 12.8. The molecule has 0 unspecified atom stereocenters. The lowest BCUT2D eigenvalue weighted by molar-refractivity contribution is -0.128. The zero-order valence-electron chi connectivity index (χ0n) is 14.1. The number of fused-ring (bicyclic) bond motifs is 1. The molecule has 134 valence electrons. The number of benzene rings is 2. The Balaban J connectivity index is 1.37. The minimum atomic E-state index is -0.359. The summed E-state index contributed by atoms with van der Waals surface area (Å²) in [6, 6.07) is 13.4. The molecule has 1 aromatic heterocycles. The van der Waals surface area contributed by atoms with E-state index in [2.05, 4.69) is 20.8 Å². The van der Waals surface area contributed by atoms with E-state index in [1.165, 1.54) is 24.3 Å². The highest BCUT2D eigenvalue weighted by Gasteiger charge is 2.07. The van der Waals surface area contributed by atoms with Crippen LogP contribution in [0.4, 0.5) is 4.39 Å². The number of rotatable bonds is 6. The Kier molecular flexibility index (Phi) is 5.58. The molecule has 0 radical (unpaired) electrons. The Bertz CT molecular complexity index is 872. The number of aryl methyl sites for hydroxylation is 1. The van der Waals surface area contributed by atoms with Crippen molar-refractivity contribution in [3.05, 3.63) is 65.7 Å². The second-order valence-electron chi connectivity index (χ2n) is 5.95. The molecule has 0 saturated carbocycles. The first-order valence-corrected chi connectivity index (χ1v) is 8.36. The van der Waals surface area contributed by atoms with E-state index in [-0.39, 0.29) is 30.5 Å². The summed E-state index contributed by atoms with van der Waals surface area (Å²) in [5, 5.41) is 0. The van der Waals surface area contributed by atoms with Crippen molar-refractivity contribution < 1.29 is 14.0 Å². The number of carbonyl (C=O) groups excluding carboxylic acids is 2. The third kappa shape index (κ3) is 4.89. The van der Waals surface area contributed by atoms with Crippen molar-refractivity contribution in [2.75, 3.05) is 0 Å². The fraction of sp³-hybridized carbons (Fsp3) is 0.211. The molecule has 0 aliphatic rings. The minimum absolute atomic E-state index is 0.0690. The van der Waals surface area contributed by atoms with Crippen LogP contribution in [0.3, 0.4) is 0 Å². The van der Waals surface area contributed by atoms with Crippen LogP contribution in [0.15, 0.2) is 48.5 Å². The SMILES string of the molecule is O=C(CCCc1nc2ccccc2[nH]1)NNC(=O)Cc1ccc(F)cc1. The molecule has 0 bridgehead atoms. The van der Waals surface area contributed by atoms with Crippen LogP contribution in [0.2, 0.25) is 0 Å². The molecule has 26 heavy (non-hydrogen) atoms. The third-order valence-electron chi connectivity index (χ3n) is 3.88. The number of aromatic nitrogens is 2. The number of H-pyrrole nitrogens is 1. The van der Waals surface area contributed by atoms with E-state index in [0.29, 0.717) is 18.4 Å². The molecule has 0 atom stereocenters. The summed E-state index contributed by atoms with van der Waals surface area (Å²) in [6.45, 7) is 0. The van der Waals surface area contributed by atoms with Crippen molar-refractivity contribution in [2.24, 2.45) is 0 Å². The maximum absolute atomic E-state index is 12.8. The van der Waals surface area contributed by atoms with E-state index >= 15 is 0 Å². The highest BCUT2D eigenvalue weighted by Crippen LogP contribution is 2.11. The second-order valence-corrected chi connectivity index (χ2v) is 5.95. The number of hydrogen-bond donors (Lipinski definition) is 3. The van der Waals surface area contributed by atoms with E-state index in [9.17, 15) is 14.0 Å². The summed E-state index contributed by atoms with van der Waals surface area (Å²) >= 11 is 0. The van der Waals surface area contributed by atoms with Gasteiger partial charge in [-0.2, -0.15) is 0 Å². The Morgan fingerprint density at radius 3 is 2.50 bits per heavy atom. The van der Waals surface area contributed by atoms with Crippen molar-refractivity contribution in [3.63, 3.8) is 0 Å². The van der Waals surface area contributed by atoms with Gasteiger partial charge in [0.2, 0.25) is 11.8 Å². The number of nitrogens with zero attached hydrogens (tertiary/aromatic N) is 1. The van der Waals surface area contributed by atoms with Crippen LogP contribution in [-0.4, -0.2) is 21.8 Å². The van der Waals surface area contributed by atoms with Crippen LogP contribution in [0.1, 0.15) is 24.2 Å². The molecule has 0 fully saturated rings. The van der Waals surface area contributed by atoms with Crippen molar-refractivity contribution in [1.82, 2.24) is 20.8 Å². The average molecular weight is 354 g/mol. The van der Waals surface area contributed by atoms with E-state index in [1.807, 2.05) is 24.3 Å². The van der Waals surface area contributed by atoms with Gasteiger partial charge in [-0.3, -0.25) is 20.4 Å². The number of halogens is 1. The van der Waals surface area contributed by atoms with Gasteiger partial charge in [-0.05, 0) is 36.2 Å². The van der Waals surface area contributed by atoms with E-state index in [1.54, 1.807) is 0 Å². The Morgan fingerprint density at radius 1 is 1.00 bits per heavy atom. The van der Waals surface area contributed by atoms with Crippen molar-refractivity contribution in [3.8, 4) is 0 Å². The summed E-state index contributed by atoms with van der Waals surface area (Å²) in [5.74, 6) is -0.151. The lowest BCUT2D eigenvalue weighted by Gasteiger charge is -2.07. The van der Waals surface area contributed by atoms with Crippen molar-refractivity contribution in [1.29, 1.82) is 0 Å². The minimum Gasteiger partial charge on any atom is -0.342 e. The molecular weight excluding hydrogens is 335 g/mol. The molecule has 0 spiro atoms. The molecule has 2 aromatic carbocycles. The maximum Gasteiger partial charge on any atom is 0.242 e. The van der Waals surface area contributed by atoms with Gasteiger partial charge in [0.05, 0.1) is 17.5 Å². The Hall–Kier alpha value is -3.22. The predicted molar refractivity (Wildman–Crippen MR) is 95.4 cm³/mol. The molecule has 0 saturated heterocycles. The standard InChI is InChI=1S/C19H19FN4O2/c20-14-10-8-13(9-11-14)12-19(26)24-23-18(25)7-3-6-17-21-15-4-1-2-5-16(15)22-17/h1-2,4-5,8-11H,3,6-7,12H2,(H,21,22)(H,23,25)(H,24,26). The highest BCUT2D eigenvalue weighted by molar-refractivity contribution is 5.83. The van der Waals surface area contributed by atoms with E-state index < -0.39 is 0 Å². The number of para-hydroxylation sites is 2. The normalized spacial score (nSPS) is 10.7. The largest absolute Gasteiger partial charge is 0.342 e. The molecular formula is C19H19FN4O2. The average Bonchev–Trinajstić information content (AvgIpc) is 3.05. The van der Waals surface area contributed by atoms with Gasteiger partial charge in [-0.25, -0.2) is 9.37 Å². The number of amides is 2. The molecule has 0 aliphatic carbocycles. The summed E-state index contributed by atoms with van der Waals surface area (Å²) in [4.78, 5) is 31.2. The van der Waals surface area contributed by atoms with Crippen LogP contribution in [-0.2, 0) is 22.4 Å². The first-order valence-electron chi connectivity index (χ1n) is 8.36. The van der Waals surface area contributed by atoms with Gasteiger partial charge >= 0.3 is 0 Å². The number of nitrogens with one attached hydrogen (secondary N) is 3. The Labute approximate surface area is 149 Å². The van der Waals surface area contributed by atoms with Gasteiger partial charge in [-0.15, -0.1) is 0 Å².